The predicted molar refractivity (Wildman–Crippen MR) is 93.1 cm³/mol. The second kappa shape index (κ2) is 5.84. The predicted octanol–water partition coefficient (Wildman–Crippen LogP) is 2.29. The molecule has 1 aliphatic heterocycles. The van der Waals surface area contributed by atoms with Crippen molar-refractivity contribution in [2.45, 2.75) is 19.4 Å². The van der Waals surface area contributed by atoms with Crippen LogP contribution in [0.25, 0.3) is 0 Å². The molecule has 4 rings (SSSR count). The van der Waals surface area contributed by atoms with Crippen LogP contribution in [0.3, 0.4) is 0 Å². The van der Waals surface area contributed by atoms with Crippen LogP contribution >= 0.6 is 0 Å². The minimum Gasteiger partial charge on any atom is -0.506 e. The number of methoxy groups -OCH3 is 2. The Labute approximate surface area is 154 Å². The molecule has 1 atom stereocenters. The fraction of sp³-hybridized carbons (Fsp3) is 0.250. The molecule has 27 heavy (non-hydrogen) atoms. The van der Waals surface area contributed by atoms with E-state index in [1.54, 1.807) is 6.92 Å². The molecular formula is C20H16O7. The lowest BCUT2D eigenvalue weighted by Gasteiger charge is -2.27. The van der Waals surface area contributed by atoms with Crippen molar-refractivity contribution in [3.05, 3.63) is 51.6 Å². The average Bonchev–Trinajstić information content (AvgIpc) is 2.63. The highest BCUT2D eigenvalue weighted by Gasteiger charge is 2.39. The van der Waals surface area contributed by atoms with E-state index in [0.29, 0.717) is 17.7 Å². The van der Waals surface area contributed by atoms with Gasteiger partial charge in [0.1, 0.15) is 28.9 Å². The molecular weight excluding hydrogens is 352 g/mol. The molecule has 2 aliphatic rings. The maximum atomic E-state index is 13.1. The van der Waals surface area contributed by atoms with Crippen LogP contribution < -0.4 is 9.47 Å². The third kappa shape index (κ3) is 2.31. The number of rotatable bonds is 2. The third-order valence-electron chi connectivity index (χ3n) is 4.88. The van der Waals surface area contributed by atoms with Crippen molar-refractivity contribution in [3.63, 3.8) is 0 Å². The van der Waals surface area contributed by atoms with Gasteiger partial charge in [-0.15, -0.1) is 0 Å². The Kier molecular flexibility index (Phi) is 3.69. The number of hydrogen-bond donors (Lipinski definition) is 1. The van der Waals surface area contributed by atoms with E-state index in [1.807, 2.05) is 0 Å². The van der Waals surface area contributed by atoms with Gasteiger partial charge in [-0.05, 0) is 24.6 Å². The van der Waals surface area contributed by atoms with Crippen LogP contribution in [0.1, 0.15) is 54.7 Å². The molecule has 7 nitrogen and oxygen atoms in total. The molecule has 0 bridgehead atoms. The molecule has 0 unspecified atom stereocenters. The van der Waals surface area contributed by atoms with E-state index in [9.17, 15) is 19.5 Å². The van der Waals surface area contributed by atoms with Crippen molar-refractivity contribution in [3.8, 4) is 17.2 Å². The van der Waals surface area contributed by atoms with Gasteiger partial charge >= 0.3 is 5.97 Å². The van der Waals surface area contributed by atoms with Crippen molar-refractivity contribution in [1.29, 1.82) is 0 Å². The van der Waals surface area contributed by atoms with Crippen molar-refractivity contribution in [2.24, 2.45) is 0 Å². The third-order valence-corrected chi connectivity index (χ3v) is 4.88. The minimum absolute atomic E-state index is 0.0311. The van der Waals surface area contributed by atoms with Crippen LogP contribution in [-0.2, 0) is 11.2 Å². The Bertz CT molecular complexity index is 1040. The van der Waals surface area contributed by atoms with Gasteiger partial charge in [0.15, 0.2) is 5.78 Å². The molecule has 2 aromatic carbocycles. The fourth-order valence-corrected chi connectivity index (χ4v) is 3.67. The fourth-order valence-electron chi connectivity index (χ4n) is 3.67. The molecule has 0 aromatic heterocycles. The highest BCUT2D eigenvalue weighted by molar-refractivity contribution is 6.31. The summed E-state index contributed by atoms with van der Waals surface area (Å²) in [7, 11) is 2.81. The lowest BCUT2D eigenvalue weighted by molar-refractivity contribution is 0.0296. The van der Waals surface area contributed by atoms with Crippen molar-refractivity contribution in [1.82, 2.24) is 0 Å². The van der Waals surface area contributed by atoms with Gasteiger partial charge in [-0.2, -0.15) is 0 Å². The summed E-state index contributed by atoms with van der Waals surface area (Å²) in [6.45, 7) is 1.72. The Morgan fingerprint density at radius 1 is 0.963 bits per heavy atom. The molecule has 0 radical (unpaired) electrons. The van der Waals surface area contributed by atoms with Crippen LogP contribution in [0.4, 0.5) is 0 Å². The summed E-state index contributed by atoms with van der Waals surface area (Å²) >= 11 is 0. The zero-order chi connectivity index (χ0) is 19.5. The summed E-state index contributed by atoms with van der Waals surface area (Å²) in [5.41, 5.74) is 0.429. The Morgan fingerprint density at radius 3 is 2.33 bits per heavy atom. The standard InChI is InChI=1S/C20H16O7/c1-8-4-9-5-11-16(18(22)14(9)20(24)27-8)19(23)15-12(17(11)21)6-10(25-2)7-13(15)26-3/h5-8,22H,4H2,1-3H3/t8-/m0/s1. The second-order valence-corrected chi connectivity index (χ2v) is 6.51. The van der Waals surface area contributed by atoms with Crippen LogP contribution in [0.15, 0.2) is 18.2 Å². The summed E-state index contributed by atoms with van der Waals surface area (Å²) < 4.78 is 15.6. The number of hydrogen-bond acceptors (Lipinski definition) is 7. The van der Waals surface area contributed by atoms with Gasteiger partial charge in [0.25, 0.3) is 0 Å². The molecule has 138 valence electrons. The van der Waals surface area contributed by atoms with Crippen LogP contribution in [0.2, 0.25) is 0 Å². The smallest absolute Gasteiger partial charge is 0.342 e. The van der Waals surface area contributed by atoms with E-state index < -0.39 is 23.3 Å². The summed E-state index contributed by atoms with van der Waals surface area (Å²) in [6, 6.07) is 4.45. The molecule has 0 saturated carbocycles. The van der Waals surface area contributed by atoms with Crippen LogP contribution in [-0.4, -0.2) is 43.0 Å². The first-order valence-electron chi connectivity index (χ1n) is 8.32. The highest BCUT2D eigenvalue weighted by Crippen LogP contribution is 2.42. The van der Waals surface area contributed by atoms with E-state index in [0.717, 1.165) is 0 Å². The number of phenols is 1. The minimum atomic E-state index is -0.711. The Morgan fingerprint density at radius 2 is 1.67 bits per heavy atom. The van der Waals surface area contributed by atoms with Gasteiger partial charge in [-0.1, -0.05) is 0 Å². The van der Waals surface area contributed by atoms with E-state index in [-0.39, 0.29) is 39.7 Å². The topological polar surface area (TPSA) is 99.1 Å². The van der Waals surface area contributed by atoms with Crippen molar-refractivity contribution < 1.29 is 33.7 Å². The summed E-state index contributed by atoms with van der Waals surface area (Å²) in [5.74, 6) is -1.75. The molecule has 7 heteroatoms. The maximum absolute atomic E-state index is 13.1. The largest absolute Gasteiger partial charge is 0.506 e. The number of benzene rings is 2. The lowest BCUT2D eigenvalue weighted by atomic mass is 9.79. The van der Waals surface area contributed by atoms with Gasteiger partial charge in [-0.3, -0.25) is 9.59 Å². The second-order valence-electron chi connectivity index (χ2n) is 6.51. The number of ether oxygens (including phenoxy) is 3. The maximum Gasteiger partial charge on any atom is 0.342 e. The number of phenolic OH excluding ortho intramolecular Hbond substituents is 1. The number of ketones is 2. The van der Waals surface area contributed by atoms with Crippen LogP contribution in [0, 0.1) is 0 Å². The first kappa shape index (κ1) is 17.1. The normalized spacial score (nSPS) is 17.6. The van der Waals surface area contributed by atoms with Gasteiger partial charge in [0, 0.05) is 23.6 Å². The quantitative estimate of drug-likeness (QED) is 0.693. The number of aromatic hydroxyl groups is 1. The SMILES string of the molecule is COc1cc(OC)c2c(c1)C(=O)c1cc3c(c(O)c1C2=O)C(=O)O[C@@H](C)C3. The van der Waals surface area contributed by atoms with E-state index in [2.05, 4.69) is 0 Å². The molecule has 0 saturated heterocycles. The number of carbonyl (C=O) groups excluding carboxylic acids is 3. The van der Waals surface area contributed by atoms with Gasteiger partial charge in [-0.25, -0.2) is 4.79 Å². The number of esters is 1. The molecule has 1 aliphatic carbocycles. The van der Waals surface area contributed by atoms with E-state index in [1.165, 1.54) is 32.4 Å². The number of fused-ring (bicyclic) bond motifs is 3. The van der Waals surface area contributed by atoms with Crippen molar-refractivity contribution >= 4 is 17.5 Å². The molecule has 0 spiro atoms. The molecule has 0 fully saturated rings. The first-order chi connectivity index (χ1) is 12.9. The highest BCUT2D eigenvalue weighted by atomic mass is 16.5. The zero-order valence-corrected chi connectivity index (χ0v) is 14.9. The van der Waals surface area contributed by atoms with E-state index >= 15 is 0 Å². The van der Waals surface area contributed by atoms with Crippen molar-refractivity contribution in [2.75, 3.05) is 14.2 Å². The zero-order valence-electron chi connectivity index (χ0n) is 14.9. The van der Waals surface area contributed by atoms with Gasteiger partial charge in [0.2, 0.25) is 5.78 Å². The summed E-state index contributed by atoms with van der Waals surface area (Å²) in [4.78, 5) is 38.4. The van der Waals surface area contributed by atoms with Gasteiger partial charge in [0.05, 0.1) is 25.3 Å². The van der Waals surface area contributed by atoms with E-state index in [4.69, 9.17) is 14.2 Å². The van der Waals surface area contributed by atoms with Gasteiger partial charge < -0.3 is 19.3 Å². The lowest BCUT2D eigenvalue weighted by Crippen LogP contribution is -2.29. The molecule has 0 amide bonds. The average molecular weight is 368 g/mol. The molecule has 2 aromatic rings. The molecule has 1 N–H and O–H groups in total. The number of carbonyl (C=O) groups is 3. The Hall–Kier alpha value is -3.35. The summed E-state index contributed by atoms with van der Waals surface area (Å²) in [6.07, 6.45) is -0.0400. The monoisotopic (exact) mass is 368 g/mol. The van der Waals surface area contributed by atoms with Crippen LogP contribution in [0.5, 0.6) is 17.2 Å². The Balaban J connectivity index is 2.02. The summed E-state index contributed by atoms with van der Waals surface area (Å²) in [5, 5.41) is 10.7. The first-order valence-corrected chi connectivity index (χ1v) is 8.32. The number of cyclic esters (lactones) is 1. The molecule has 1 heterocycles.